The molecule has 1 aromatic heterocycles. The molecular formula is C18H17FN2O2S2. The number of ether oxygens (including phenoxy) is 1. The number of rotatable bonds is 5. The number of hydrogen-bond donors (Lipinski definition) is 0. The molecule has 25 heavy (non-hydrogen) atoms. The fraction of sp³-hybridized carbons (Fsp3) is 0.222. The van der Waals surface area contributed by atoms with Crippen LogP contribution in [0.5, 0.6) is 0 Å². The Labute approximate surface area is 153 Å². The Balaban J connectivity index is 2.05. The Morgan fingerprint density at radius 3 is 2.72 bits per heavy atom. The van der Waals surface area contributed by atoms with Gasteiger partial charge in [0.2, 0.25) is 0 Å². The molecule has 0 atom stereocenters. The number of hydrogen-bond acceptors (Lipinski definition) is 4. The average Bonchev–Trinajstić information content (AvgIpc) is 2.95. The summed E-state index contributed by atoms with van der Waals surface area (Å²) in [6.45, 7) is 1.02. The third-order valence-electron chi connectivity index (χ3n) is 3.70. The number of nitrogens with zero attached hydrogens (tertiary/aromatic N) is 2. The number of carbonyl (C=O) groups is 1. The largest absolute Gasteiger partial charge is 0.383 e. The Morgan fingerprint density at radius 2 is 2.04 bits per heavy atom. The molecule has 0 aliphatic heterocycles. The highest BCUT2D eigenvalue weighted by atomic mass is 32.2. The van der Waals surface area contributed by atoms with Crippen LogP contribution in [-0.2, 0) is 11.3 Å². The molecule has 2 aromatic carbocycles. The molecule has 3 aromatic rings. The van der Waals surface area contributed by atoms with Gasteiger partial charge >= 0.3 is 0 Å². The van der Waals surface area contributed by atoms with E-state index >= 15 is 0 Å². The number of carbonyl (C=O) groups excluding carboxylic acids is 1. The zero-order valence-corrected chi connectivity index (χ0v) is 15.5. The van der Waals surface area contributed by atoms with Gasteiger partial charge in [-0.05, 0) is 48.7 Å². The van der Waals surface area contributed by atoms with Crippen LogP contribution in [0.25, 0.3) is 10.2 Å². The second kappa shape index (κ2) is 7.95. The van der Waals surface area contributed by atoms with Gasteiger partial charge in [0.25, 0.3) is 5.91 Å². The van der Waals surface area contributed by atoms with Crippen LogP contribution < -0.4 is 4.80 Å². The van der Waals surface area contributed by atoms with Crippen LogP contribution in [0.1, 0.15) is 10.4 Å². The first-order valence-electron chi connectivity index (χ1n) is 7.63. The molecule has 7 heteroatoms. The summed E-state index contributed by atoms with van der Waals surface area (Å²) in [5.41, 5.74) is 1.37. The van der Waals surface area contributed by atoms with Crippen LogP contribution >= 0.6 is 23.1 Å². The minimum Gasteiger partial charge on any atom is -0.383 e. The number of halogens is 1. The van der Waals surface area contributed by atoms with Crippen molar-refractivity contribution in [3.63, 3.8) is 0 Å². The molecular weight excluding hydrogens is 359 g/mol. The van der Waals surface area contributed by atoms with Crippen LogP contribution in [0.4, 0.5) is 4.39 Å². The number of thiazole rings is 1. The van der Waals surface area contributed by atoms with Gasteiger partial charge in [0.1, 0.15) is 5.82 Å². The van der Waals surface area contributed by atoms with E-state index in [0.29, 0.717) is 23.5 Å². The first kappa shape index (κ1) is 17.8. The van der Waals surface area contributed by atoms with Gasteiger partial charge in [0.15, 0.2) is 4.80 Å². The SMILES string of the molecule is COCCn1c(=NC(=O)c2ccc(SC)cc2)sc2cc(F)ccc21. The lowest BCUT2D eigenvalue weighted by Crippen LogP contribution is -2.19. The highest BCUT2D eigenvalue weighted by molar-refractivity contribution is 7.98. The Morgan fingerprint density at radius 1 is 1.28 bits per heavy atom. The summed E-state index contributed by atoms with van der Waals surface area (Å²) >= 11 is 2.91. The Kier molecular flexibility index (Phi) is 5.67. The minimum absolute atomic E-state index is 0.307. The molecule has 4 nitrogen and oxygen atoms in total. The second-order valence-electron chi connectivity index (χ2n) is 5.29. The molecule has 0 saturated heterocycles. The lowest BCUT2D eigenvalue weighted by Gasteiger charge is -2.04. The maximum Gasteiger partial charge on any atom is 0.279 e. The van der Waals surface area contributed by atoms with Crippen molar-refractivity contribution in [1.82, 2.24) is 4.57 Å². The lowest BCUT2D eigenvalue weighted by molar-refractivity contribution is 0.0997. The van der Waals surface area contributed by atoms with Crippen molar-refractivity contribution in [1.29, 1.82) is 0 Å². The predicted molar refractivity (Wildman–Crippen MR) is 99.8 cm³/mol. The van der Waals surface area contributed by atoms with Gasteiger partial charge in [-0.2, -0.15) is 4.99 Å². The van der Waals surface area contributed by atoms with E-state index in [9.17, 15) is 9.18 Å². The van der Waals surface area contributed by atoms with Crippen molar-refractivity contribution in [3.05, 3.63) is 58.6 Å². The molecule has 0 fully saturated rings. The summed E-state index contributed by atoms with van der Waals surface area (Å²) in [5.74, 6) is -0.621. The van der Waals surface area contributed by atoms with Gasteiger partial charge in [-0.1, -0.05) is 11.3 Å². The molecule has 1 heterocycles. The second-order valence-corrected chi connectivity index (χ2v) is 7.18. The van der Waals surface area contributed by atoms with E-state index < -0.39 is 0 Å². The molecule has 0 saturated carbocycles. The molecule has 0 aliphatic rings. The molecule has 3 rings (SSSR count). The predicted octanol–water partition coefficient (Wildman–Crippen LogP) is 3.95. The smallest absolute Gasteiger partial charge is 0.279 e. The van der Waals surface area contributed by atoms with Gasteiger partial charge in [0, 0.05) is 24.1 Å². The highest BCUT2D eigenvalue weighted by Gasteiger charge is 2.10. The number of methoxy groups -OCH3 is 1. The number of aromatic nitrogens is 1. The summed E-state index contributed by atoms with van der Waals surface area (Å²) < 4.78 is 21.3. The standard InChI is InChI=1S/C18H17FN2O2S2/c1-23-10-9-21-15-8-5-13(19)11-16(15)25-18(21)20-17(22)12-3-6-14(24-2)7-4-12/h3-8,11H,9-10H2,1-2H3. The van der Waals surface area contributed by atoms with Crippen molar-refractivity contribution in [3.8, 4) is 0 Å². The van der Waals surface area contributed by atoms with Crippen LogP contribution in [-0.4, -0.2) is 30.4 Å². The zero-order chi connectivity index (χ0) is 17.8. The number of benzene rings is 2. The molecule has 0 radical (unpaired) electrons. The summed E-state index contributed by atoms with van der Waals surface area (Å²) in [4.78, 5) is 18.4. The Hall–Kier alpha value is -1.96. The van der Waals surface area contributed by atoms with E-state index in [0.717, 1.165) is 15.1 Å². The zero-order valence-electron chi connectivity index (χ0n) is 13.9. The van der Waals surface area contributed by atoms with Crippen molar-refractivity contribution < 1.29 is 13.9 Å². The first-order chi connectivity index (χ1) is 12.1. The summed E-state index contributed by atoms with van der Waals surface area (Å²) in [7, 11) is 1.62. The van der Waals surface area contributed by atoms with Crippen molar-refractivity contribution >= 4 is 39.2 Å². The van der Waals surface area contributed by atoms with Crippen LogP contribution in [0, 0.1) is 5.82 Å². The van der Waals surface area contributed by atoms with E-state index in [2.05, 4.69) is 4.99 Å². The number of thioether (sulfide) groups is 1. The fourth-order valence-corrected chi connectivity index (χ4v) is 3.90. The molecule has 0 unspecified atom stereocenters. The van der Waals surface area contributed by atoms with Gasteiger partial charge in [0.05, 0.1) is 16.8 Å². The fourth-order valence-electron chi connectivity index (χ4n) is 2.42. The van der Waals surface area contributed by atoms with Gasteiger partial charge in [-0.25, -0.2) is 4.39 Å². The molecule has 0 aliphatic carbocycles. The first-order valence-corrected chi connectivity index (χ1v) is 9.67. The average molecular weight is 376 g/mol. The van der Waals surface area contributed by atoms with Crippen molar-refractivity contribution in [2.75, 3.05) is 20.0 Å². The third kappa shape index (κ3) is 4.00. The molecule has 0 bridgehead atoms. The van der Waals surface area contributed by atoms with Crippen LogP contribution in [0.15, 0.2) is 52.4 Å². The molecule has 0 N–H and O–H groups in total. The van der Waals surface area contributed by atoms with Crippen LogP contribution in [0.2, 0.25) is 0 Å². The number of amides is 1. The summed E-state index contributed by atoms with van der Waals surface area (Å²) in [5, 5.41) is 0. The minimum atomic E-state index is -0.314. The van der Waals surface area contributed by atoms with E-state index in [1.54, 1.807) is 37.1 Å². The van der Waals surface area contributed by atoms with Gasteiger partial charge in [-0.15, -0.1) is 11.8 Å². The van der Waals surface area contributed by atoms with E-state index in [1.807, 2.05) is 23.0 Å². The molecule has 1 amide bonds. The molecule has 0 spiro atoms. The third-order valence-corrected chi connectivity index (χ3v) is 5.48. The monoisotopic (exact) mass is 376 g/mol. The topological polar surface area (TPSA) is 43.6 Å². The molecule has 130 valence electrons. The van der Waals surface area contributed by atoms with E-state index in [1.165, 1.54) is 23.5 Å². The quantitative estimate of drug-likeness (QED) is 0.633. The summed E-state index contributed by atoms with van der Waals surface area (Å²) in [6, 6.07) is 11.9. The van der Waals surface area contributed by atoms with Crippen molar-refractivity contribution in [2.45, 2.75) is 11.4 Å². The van der Waals surface area contributed by atoms with E-state index in [4.69, 9.17) is 4.74 Å². The maximum atomic E-state index is 13.5. The maximum absolute atomic E-state index is 13.5. The van der Waals surface area contributed by atoms with Gasteiger partial charge in [-0.3, -0.25) is 4.79 Å². The van der Waals surface area contributed by atoms with Crippen LogP contribution in [0.3, 0.4) is 0 Å². The lowest BCUT2D eigenvalue weighted by atomic mass is 10.2. The van der Waals surface area contributed by atoms with Gasteiger partial charge < -0.3 is 9.30 Å². The van der Waals surface area contributed by atoms with E-state index in [-0.39, 0.29) is 11.7 Å². The normalized spacial score (nSPS) is 12.0. The highest BCUT2D eigenvalue weighted by Crippen LogP contribution is 2.19. The Bertz CT molecular complexity index is 961. The van der Waals surface area contributed by atoms with Crippen molar-refractivity contribution in [2.24, 2.45) is 4.99 Å². The number of fused-ring (bicyclic) bond motifs is 1. The summed E-state index contributed by atoms with van der Waals surface area (Å²) in [6.07, 6.45) is 1.98.